The number of carboxylic acid groups (broad SMARTS) is 1. The van der Waals surface area contributed by atoms with Gasteiger partial charge in [0.15, 0.2) is 6.23 Å². The van der Waals surface area contributed by atoms with Crippen molar-refractivity contribution in [1.82, 2.24) is 5.43 Å². The lowest BCUT2D eigenvalue weighted by atomic mass is 10.2. The van der Waals surface area contributed by atoms with Gasteiger partial charge in [0, 0.05) is 16.3 Å². The summed E-state index contributed by atoms with van der Waals surface area (Å²) in [6.45, 7) is 3.83. The predicted octanol–water partition coefficient (Wildman–Crippen LogP) is 3.72. The Hall–Kier alpha value is -2.50. The van der Waals surface area contributed by atoms with Gasteiger partial charge in [0.05, 0.1) is 12.1 Å². The van der Waals surface area contributed by atoms with E-state index >= 15 is 0 Å². The minimum atomic E-state index is -0.994. The number of halogens is 1. The first-order valence-corrected chi connectivity index (χ1v) is 7.79. The fourth-order valence-corrected chi connectivity index (χ4v) is 2.25. The normalized spacial score (nSPS) is 11.6. The van der Waals surface area contributed by atoms with Crippen molar-refractivity contribution in [3.05, 3.63) is 77.5 Å². The van der Waals surface area contributed by atoms with Crippen molar-refractivity contribution < 1.29 is 15.0 Å². The molecule has 0 fully saturated rings. The van der Waals surface area contributed by atoms with Gasteiger partial charge in [-0.2, -0.15) is 0 Å². The molecule has 6 heteroatoms. The second-order valence-corrected chi connectivity index (χ2v) is 5.68. The molecule has 2 rings (SSSR count). The highest BCUT2D eigenvalue weighted by atomic mass is 35.5. The smallest absolute Gasteiger partial charge is 0.303 e. The number of aliphatic carboxylic acids is 1. The standard InChI is InChI=1S/C18H19ClN2O3/c1-13(7-12-17(22)23)20-21(16-5-3-2-4-6-16)18(24)14-8-10-15(19)11-9-14/h2-6,8-11,18,20,24H,1,7,12H2,(H,22,23). The summed E-state index contributed by atoms with van der Waals surface area (Å²) >= 11 is 5.89. The molecule has 0 spiro atoms. The molecule has 126 valence electrons. The second-order valence-electron chi connectivity index (χ2n) is 5.24. The molecule has 1 unspecified atom stereocenters. The largest absolute Gasteiger partial charge is 0.481 e. The molecule has 0 bridgehead atoms. The quantitative estimate of drug-likeness (QED) is 0.502. The van der Waals surface area contributed by atoms with Crippen molar-refractivity contribution in [3.63, 3.8) is 0 Å². The van der Waals surface area contributed by atoms with E-state index in [0.717, 1.165) is 5.69 Å². The van der Waals surface area contributed by atoms with Crippen LogP contribution in [0.3, 0.4) is 0 Å². The molecular weight excluding hydrogens is 328 g/mol. The van der Waals surface area contributed by atoms with Crippen LogP contribution in [0.4, 0.5) is 5.69 Å². The topological polar surface area (TPSA) is 72.8 Å². The van der Waals surface area contributed by atoms with Crippen LogP contribution in [0.2, 0.25) is 5.02 Å². The molecule has 24 heavy (non-hydrogen) atoms. The summed E-state index contributed by atoms with van der Waals surface area (Å²) < 4.78 is 0. The molecule has 3 N–H and O–H groups in total. The van der Waals surface area contributed by atoms with E-state index in [1.165, 1.54) is 5.01 Å². The van der Waals surface area contributed by atoms with E-state index in [1.807, 2.05) is 30.3 Å². The van der Waals surface area contributed by atoms with Crippen LogP contribution in [0.15, 0.2) is 66.9 Å². The number of rotatable bonds is 8. The molecule has 2 aromatic rings. The molecule has 0 aliphatic rings. The summed E-state index contributed by atoms with van der Waals surface area (Å²) in [5, 5.41) is 21.6. The summed E-state index contributed by atoms with van der Waals surface area (Å²) in [5.41, 5.74) is 4.85. The van der Waals surface area contributed by atoms with Crippen LogP contribution in [-0.4, -0.2) is 16.2 Å². The van der Waals surface area contributed by atoms with Gasteiger partial charge in [0.2, 0.25) is 0 Å². The average Bonchev–Trinajstić information content (AvgIpc) is 2.58. The summed E-state index contributed by atoms with van der Waals surface area (Å²) in [7, 11) is 0. The van der Waals surface area contributed by atoms with E-state index in [1.54, 1.807) is 24.3 Å². The van der Waals surface area contributed by atoms with Gasteiger partial charge in [0.1, 0.15) is 0 Å². The van der Waals surface area contributed by atoms with E-state index in [9.17, 15) is 9.90 Å². The number of carbonyl (C=O) groups is 1. The third-order valence-corrected chi connectivity index (χ3v) is 3.62. The number of allylic oxidation sites excluding steroid dienone is 1. The van der Waals surface area contributed by atoms with E-state index in [2.05, 4.69) is 12.0 Å². The molecule has 0 aromatic heterocycles. The monoisotopic (exact) mass is 346 g/mol. The van der Waals surface area contributed by atoms with Crippen LogP contribution in [0.5, 0.6) is 0 Å². The Balaban J connectivity index is 2.21. The Morgan fingerprint density at radius 1 is 1.12 bits per heavy atom. The Morgan fingerprint density at radius 2 is 1.75 bits per heavy atom. The number of hydrazine groups is 1. The maximum atomic E-state index is 10.7. The Morgan fingerprint density at radius 3 is 2.33 bits per heavy atom. The van der Waals surface area contributed by atoms with Crippen LogP contribution in [0, 0.1) is 0 Å². The molecule has 2 aromatic carbocycles. The zero-order chi connectivity index (χ0) is 17.5. The van der Waals surface area contributed by atoms with Gasteiger partial charge in [-0.25, -0.2) is 0 Å². The molecule has 5 nitrogen and oxygen atoms in total. The number of hydrogen-bond donors (Lipinski definition) is 3. The number of aliphatic hydroxyl groups excluding tert-OH is 1. The van der Waals surface area contributed by atoms with Gasteiger partial charge in [0.25, 0.3) is 0 Å². The van der Waals surface area contributed by atoms with Crippen LogP contribution in [0.1, 0.15) is 24.6 Å². The summed E-state index contributed by atoms with van der Waals surface area (Å²) in [5.74, 6) is -0.900. The molecule has 0 saturated heterocycles. The van der Waals surface area contributed by atoms with Crippen LogP contribution in [0.25, 0.3) is 0 Å². The van der Waals surface area contributed by atoms with Crippen molar-refractivity contribution >= 4 is 23.3 Å². The van der Waals surface area contributed by atoms with Gasteiger partial charge in [-0.15, -0.1) is 0 Å². The zero-order valence-corrected chi connectivity index (χ0v) is 13.8. The number of para-hydroxylation sites is 1. The number of carboxylic acids is 1. The molecule has 1 atom stereocenters. The van der Waals surface area contributed by atoms with Crippen molar-refractivity contribution in [1.29, 1.82) is 0 Å². The van der Waals surface area contributed by atoms with Crippen molar-refractivity contribution in [2.24, 2.45) is 0 Å². The van der Waals surface area contributed by atoms with E-state index in [-0.39, 0.29) is 12.8 Å². The van der Waals surface area contributed by atoms with E-state index < -0.39 is 12.2 Å². The Bertz CT molecular complexity index is 689. The zero-order valence-electron chi connectivity index (χ0n) is 13.0. The molecule has 0 saturated carbocycles. The maximum Gasteiger partial charge on any atom is 0.303 e. The number of aliphatic hydroxyl groups is 1. The number of nitrogens with one attached hydrogen (secondary N) is 1. The second kappa shape index (κ2) is 8.38. The first kappa shape index (κ1) is 17.8. The highest BCUT2D eigenvalue weighted by molar-refractivity contribution is 6.30. The van der Waals surface area contributed by atoms with Crippen molar-refractivity contribution in [2.45, 2.75) is 19.1 Å². The van der Waals surface area contributed by atoms with Gasteiger partial charge < -0.3 is 15.6 Å². The van der Waals surface area contributed by atoms with Crippen LogP contribution >= 0.6 is 11.6 Å². The Kier molecular flexibility index (Phi) is 6.23. The van der Waals surface area contributed by atoms with Crippen molar-refractivity contribution in [2.75, 3.05) is 5.01 Å². The number of anilines is 1. The summed E-state index contributed by atoms with van der Waals surface area (Å²) in [6, 6.07) is 16.1. The lowest BCUT2D eigenvalue weighted by Gasteiger charge is -2.32. The SMILES string of the molecule is C=C(CCC(=O)O)NN(c1ccccc1)C(O)c1ccc(Cl)cc1. The molecule has 0 radical (unpaired) electrons. The highest BCUT2D eigenvalue weighted by Gasteiger charge is 2.19. The van der Waals surface area contributed by atoms with E-state index in [0.29, 0.717) is 16.3 Å². The molecule has 0 amide bonds. The van der Waals surface area contributed by atoms with Crippen LogP contribution < -0.4 is 10.4 Å². The summed E-state index contributed by atoms with van der Waals surface area (Å²) in [6.07, 6.45) is -0.774. The van der Waals surface area contributed by atoms with Crippen molar-refractivity contribution in [3.8, 4) is 0 Å². The molecular formula is C18H19ClN2O3. The fraction of sp³-hybridized carbons (Fsp3) is 0.167. The lowest BCUT2D eigenvalue weighted by Crippen LogP contribution is -2.40. The average molecular weight is 347 g/mol. The molecule has 0 aliphatic heterocycles. The third-order valence-electron chi connectivity index (χ3n) is 3.37. The fourth-order valence-electron chi connectivity index (χ4n) is 2.12. The third kappa shape index (κ3) is 5.01. The number of benzene rings is 2. The lowest BCUT2D eigenvalue weighted by molar-refractivity contribution is -0.136. The summed E-state index contributed by atoms with van der Waals surface area (Å²) in [4.78, 5) is 10.7. The van der Waals surface area contributed by atoms with E-state index in [4.69, 9.17) is 16.7 Å². The number of nitrogens with zero attached hydrogens (tertiary/aromatic N) is 1. The van der Waals surface area contributed by atoms with Gasteiger partial charge >= 0.3 is 5.97 Å². The minimum Gasteiger partial charge on any atom is -0.481 e. The maximum absolute atomic E-state index is 10.7. The molecule has 0 heterocycles. The highest BCUT2D eigenvalue weighted by Crippen LogP contribution is 2.25. The van der Waals surface area contributed by atoms with Gasteiger partial charge in [-0.05, 0) is 30.7 Å². The first-order chi connectivity index (χ1) is 11.5. The predicted molar refractivity (Wildman–Crippen MR) is 94.5 cm³/mol. The minimum absolute atomic E-state index is 0.0362. The van der Waals surface area contributed by atoms with Gasteiger partial charge in [-0.1, -0.05) is 48.5 Å². The van der Waals surface area contributed by atoms with Gasteiger partial charge in [-0.3, -0.25) is 9.80 Å². The van der Waals surface area contributed by atoms with Crippen LogP contribution in [-0.2, 0) is 4.79 Å². The number of hydrogen-bond acceptors (Lipinski definition) is 4. The first-order valence-electron chi connectivity index (χ1n) is 7.41. The molecule has 0 aliphatic carbocycles. The Labute approximate surface area is 145 Å².